The Morgan fingerprint density at radius 1 is 1.08 bits per heavy atom. The molecule has 2 aromatic rings. The summed E-state index contributed by atoms with van der Waals surface area (Å²) in [4.78, 5) is 27.4. The summed E-state index contributed by atoms with van der Waals surface area (Å²) in [6, 6.07) is 4.04. The number of piperidine rings is 1. The van der Waals surface area contributed by atoms with E-state index < -0.39 is 18.1 Å². The van der Waals surface area contributed by atoms with Crippen LogP contribution in [0.5, 0.6) is 0 Å². The Balaban J connectivity index is 1.29. The summed E-state index contributed by atoms with van der Waals surface area (Å²) >= 11 is 0. The number of anilines is 1. The number of benzene rings is 1. The van der Waals surface area contributed by atoms with Gasteiger partial charge in [0.1, 0.15) is 6.04 Å². The smallest absolute Gasteiger partial charge is 0.368 e. The van der Waals surface area contributed by atoms with Gasteiger partial charge in [-0.2, -0.15) is 18.3 Å². The zero-order valence-electron chi connectivity index (χ0n) is 21.4. The van der Waals surface area contributed by atoms with E-state index in [1.165, 1.54) is 32.1 Å². The number of hydrogen-bond acceptors (Lipinski definition) is 5. The minimum Gasteiger partial charge on any atom is -0.368 e. The molecule has 0 spiro atoms. The molecule has 2 atom stereocenters. The number of carbonyl (C=O) groups excluding carboxylic acids is 2. The van der Waals surface area contributed by atoms with Gasteiger partial charge in [-0.05, 0) is 49.9 Å². The SMILES string of the molecule is Cn1nc(C2CCC(=O)NC2=O)c2ccc(N3CCN(CCCC4CCCCC4)[C@@H](C(F)(F)F)C3)cc21. The number of amides is 2. The van der Waals surface area contributed by atoms with Crippen molar-refractivity contribution in [2.24, 2.45) is 13.0 Å². The molecule has 1 N–H and O–H groups in total. The number of hydrogen-bond donors (Lipinski definition) is 1. The van der Waals surface area contributed by atoms with Crippen LogP contribution in [-0.4, -0.2) is 64.9 Å². The van der Waals surface area contributed by atoms with Crippen molar-refractivity contribution in [1.29, 1.82) is 0 Å². The summed E-state index contributed by atoms with van der Waals surface area (Å²) < 4.78 is 44.0. The number of piperazine rings is 1. The molecule has 202 valence electrons. The van der Waals surface area contributed by atoms with Crippen molar-refractivity contribution in [3.63, 3.8) is 0 Å². The number of rotatable bonds is 6. The first-order chi connectivity index (χ1) is 17.7. The molecule has 1 aromatic heterocycles. The van der Waals surface area contributed by atoms with Crippen molar-refractivity contribution in [3.05, 3.63) is 23.9 Å². The Labute approximate surface area is 215 Å². The van der Waals surface area contributed by atoms with Crippen LogP contribution in [0.1, 0.15) is 69.4 Å². The lowest BCUT2D eigenvalue weighted by atomic mass is 9.86. The normalized spacial score (nSPS) is 24.6. The first kappa shape index (κ1) is 26.0. The monoisotopic (exact) mass is 519 g/mol. The van der Waals surface area contributed by atoms with Gasteiger partial charge in [0.15, 0.2) is 0 Å². The second kappa shape index (κ2) is 10.6. The van der Waals surface area contributed by atoms with E-state index in [9.17, 15) is 22.8 Å². The lowest BCUT2D eigenvalue weighted by molar-refractivity contribution is -0.184. The molecule has 1 aromatic carbocycles. The number of nitrogens with zero attached hydrogens (tertiary/aromatic N) is 4. The van der Waals surface area contributed by atoms with Crippen molar-refractivity contribution in [3.8, 4) is 0 Å². The van der Waals surface area contributed by atoms with E-state index in [1.54, 1.807) is 16.6 Å². The molecule has 37 heavy (non-hydrogen) atoms. The third-order valence-corrected chi connectivity index (χ3v) is 8.45. The Kier molecular flexibility index (Phi) is 7.47. The van der Waals surface area contributed by atoms with Crippen LogP contribution in [0.15, 0.2) is 18.2 Å². The maximum Gasteiger partial charge on any atom is 0.405 e. The van der Waals surface area contributed by atoms with Crippen molar-refractivity contribution >= 4 is 28.4 Å². The summed E-state index contributed by atoms with van der Waals surface area (Å²) in [5.74, 6) is -0.474. The second-order valence-electron chi connectivity index (χ2n) is 10.9. The highest BCUT2D eigenvalue weighted by Gasteiger charge is 2.46. The van der Waals surface area contributed by atoms with Gasteiger partial charge in [-0.15, -0.1) is 0 Å². The lowest BCUT2D eigenvalue weighted by Crippen LogP contribution is -2.59. The number of alkyl halides is 3. The van der Waals surface area contributed by atoms with Crippen LogP contribution in [0.2, 0.25) is 0 Å². The molecule has 0 radical (unpaired) electrons. The molecule has 0 bridgehead atoms. The summed E-state index contributed by atoms with van der Waals surface area (Å²) in [5.41, 5.74) is 2.09. The van der Waals surface area contributed by atoms with Crippen LogP contribution in [0.4, 0.5) is 18.9 Å². The lowest BCUT2D eigenvalue weighted by Gasteiger charge is -2.43. The van der Waals surface area contributed by atoms with Crippen molar-refractivity contribution < 1.29 is 22.8 Å². The number of halogens is 3. The Morgan fingerprint density at radius 2 is 1.86 bits per heavy atom. The van der Waals surface area contributed by atoms with Crippen molar-refractivity contribution in [1.82, 2.24) is 20.0 Å². The molecule has 1 unspecified atom stereocenters. The molecule has 1 aliphatic carbocycles. The van der Waals surface area contributed by atoms with Crippen molar-refractivity contribution in [2.75, 3.05) is 31.1 Å². The zero-order chi connectivity index (χ0) is 26.2. The third kappa shape index (κ3) is 5.63. The Hall–Kier alpha value is -2.62. The molecular formula is C27H36F3N5O2. The molecule has 3 fully saturated rings. The van der Waals surface area contributed by atoms with Gasteiger partial charge in [0.2, 0.25) is 11.8 Å². The van der Waals surface area contributed by atoms with E-state index in [0.29, 0.717) is 37.7 Å². The zero-order valence-corrected chi connectivity index (χ0v) is 21.4. The summed E-state index contributed by atoms with van der Waals surface area (Å²) in [5, 5.41) is 7.71. The predicted octanol–water partition coefficient (Wildman–Crippen LogP) is 4.51. The fourth-order valence-corrected chi connectivity index (χ4v) is 6.37. The van der Waals surface area contributed by atoms with Gasteiger partial charge in [0.25, 0.3) is 0 Å². The highest BCUT2D eigenvalue weighted by atomic mass is 19.4. The van der Waals surface area contributed by atoms with E-state index in [4.69, 9.17) is 0 Å². The Bertz CT molecular complexity index is 1140. The van der Waals surface area contributed by atoms with Gasteiger partial charge in [-0.3, -0.25) is 24.5 Å². The van der Waals surface area contributed by atoms with Crippen LogP contribution in [0.3, 0.4) is 0 Å². The van der Waals surface area contributed by atoms with Gasteiger partial charge in [0, 0.05) is 44.2 Å². The molecule has 3 heterocycles. The topological polar surface area (TPSA) is 70.5 Å². The van der Waals surface area contributed by atoms with E-state index in [2.05, 4.69) is 10.4 Å². The van der Waals surface area contributed by atoms with Gasteiger partial charge in [-0.25, -0.2) is 0 Å². The van der Waals surface area contributed by atoms with E-state index in [-0.39, 0.29) is 24.8 Å². The van der Waals surface area contributed by atoms with Gasteiger partial charge in [0.05, 0.1) is 17.1 Å². The van der Waals surface area contributed by atoms with Crippen LogP contribution < -0.4 is 10.2 Å². The molecule has 3 aliphatic rings. The van der Waals surface area contributed by atoms with E-state index in [0.717, 1.165) is 29.4 Å². The molecule has 5 rings (SSSR count). The van der Waals surface area contributed by atoms with Gasteiger partial charge < -0.3 is 4.90 Å². The van der Waals surface area contributed by atoms with E-state index >= 15 is 0 Å². The number of aromatic nitrogens is 2. The molecule has 1 saturated carbocycles. The highest BCUT2D eigenvalue weighted by molar-refractivity contribution is 6.02. The highest BCUT2D eigenvalue weighted by Crippen LogP contribution is 2.35. The third-order valence-electron chi connectivity index (χ3n) is 8.45. The molecule has 2 aliphatic heterocycles. The minimum atomic E-state index is -4.29. The number of imide groups is 1. The van der Waals surface area contributed by atoms with E-state index in [1.807, 2.05) is 23.1 Å². The van der Waals surface area contributed by atoms with Crippen molar-refractivity contribution in [2.45, 2.75) is 75.9 Å². The minimum absolute atomic E-state index is 0.101. The average Bonchev–Trinajstić information content (AvgIpc) is 3.19. The Morgan fingerprint density at radius 3 is 2.59 bits per heavy atom. The molecule has 2 amide bonds. The van der Waals surface area contributed by atoms with Gasteiger partial charge in [-0.1, -0.05) is 32.1 Å². The fourth-order valence-electron chi connectivity index (χ4n) is 6.37. The molecule has 2 saturated heterocycles. The summed E-state index contributed by atoms with van der Waals surface area (Å²) in [6.07, 6.45) is 4.45. The van der Waals surface area contributed by atoms with Crippen LogP contribution >= 0.6 is 0 Å². The summed E-state index contributed by atoms with van der Waals surface area (Å²) in [7, 11) is 1.77. The molecular weight excluding hydrogens is 483 g/mol. The number of fused-ring (bicyclic) bond motifs is 1. The first-order valence-electron chi connectivity index (χ1n) is 13.6. The number of aryl methyl sites for hydroxylation is 1. The van der Waals surface area contributed by atoms with Gasteiger partial charge >= 0.3 is 6.18 Å². The van der Waals surface area contributed by atoms with Crippen LogP contribution in [-0.2, 0) is 16.6 Å². The number of nitrogens with one attached hydrogen (secondary N) is 1. The quantitative estimate of drug-likeness (QED) is 0.569. The number of carbonyl (C=O) groups is 2. The second-order valence-corrected chi connectivity index (χ2v) is 10.9. The summed E-state index contributed by atoms with van der Waals surface area (Å²) in [6.45, 7) is 1.29. The molecule has 10 heteroatoms. The largest absolute Gasteiger partial charge is 0.405 e. The predicted molar refractivity (Wildman–Crippen MR) is 135 cm³/mol. The average molecular weight is 520 g/mol. The maximum absolute atomic E-state index is 14.1. The van der Waals surface area contributed by atoms with Crippen LogP contribution in [0.25, 0.3) is 10.9 Å². The fraction of sp³-hybridized carbons (Fsp3) is 0.667. The molecule has 7 nitrogen and oxygen atoms in total. The standard InChI is InChI=1S/C27H36F3N5O2/c1-33-22-16-19(9-10-20(22)25(32-33)21-11-12-24(36)31-26(21)37)35-15-14-34(23(17-35)27(28,29)30)13-5-8-18-6-3-2-4-7-18/h9-10,16,18,21,23H,2-8,11-15,17H2,1H3,(H,31,36,37)/t21?,23-/m1/s1. The maximum atomic E-state index is 14.1. The first-order valence-corrected chi connectivity index (χ1v) is 13.6. The van der Waals surface area contributed by atoms with Crippen LogP contribution in [0, 0.1) is 5.92 Å².